The maximum Gasteiger partial charge on any atom is 0.291 e. The minimum atomic E-state index is -4.25. The van der Waals surface area contributed by atoms with Crippen LogP contribution in [0.25, 0.3) is 0 Å². The maximum absolute atomic E-state index is 13.3. The average molecular weight is 439 g/mol. The summed E-state index contributed by atoms with van der Waals surface area (Å²) in [5.74, 6) is -0.993. The highest BCUT2D eigenvalue weighted by Crippen LogP contribution is 2.28. The molecule has 2 aromatic carbocycles. The Morgan fingerprint density at radius 1 is 1.00 bits per heavy atom. The number of hydrogen-bond acceptors (Lipinski definition) is 6. The Bertz CT molecular complexity index is 1150. The first kappa shape index (κ1) is 22.0. The topological polar surface area (TPSA) is 106 Å². The van der Waals surface area contributed by atoms with E-state index in [1.165, 1.54) is 30.6 Å². The quantitative estimate of drug-likeness (QED) is 0.540. The van der Waals surface area contributed by atoms with Crippen molar-refractivity contribution in [3.05, 3.63) is 84.7 Å². The number of pyridine rings is 1. The zero-order valence-corrected chi connectivity index (χ0v) is 17.6. The van der Waals surface area contributed by atoms with E-state index in [2.05, 4.69) is 4.98 Å². The molecule has 0 aliphatic rings. The van der Waals surface area contributed by atoms with E-state index in [-0.39, 0.29) is 28.3 Å². The zero-order valence-electron chi connectivity index (χ0n) is 16.8. The van der Waals surface area contributed by atoms with Gasteiger partial charge >= 0.3 is 0 Å². The van der Waals surface area contributed by atoms with Crippen molar-refractivity contribution < 1.29 is 22.8 Å². The van der Waals surface area contributed by atoms with Crippen LogP contribution in [0.3, 0.4) is 0 Å². The number of hydrogen-bond donors (Lipinski definition) is 1. The second-order valence-corrected chi connectivity index (χ2v) is 8.14. The fourth-order valence-electron chi connectivity index (χ4n) is 2.74. The molecule has 1 N–H and O–H groups in total. The van der Waals surface area contributed by atoms with Gasteiger partial charge in [-0.1, -0.05) is 37.3 Å². The fraction of sp³-hybridized carbons (Fsp3) is 0.136. The second-order valence-electron chi connectivity index (χ2n) is 6.49. The molecular formula is C22H21N3O5S. The highest BCUT2D eigenvalue weighted by Gasteiger charge is 2.29. The third-order valence-electron chi connectivity index (χ3n) is 4.14. The lowest BCUT2D eigenvalue weighted by atomic mass is 10.2. The molecule has 0 aliphatic heterocycles. The number of amides is 2. The van der Waals surface area contributed by atoms with Gasteiger partial charge in [0.2, 0.25) is 5.91 Å². The van der Waals surface area contributed by atoms with Gasteiger partial charge in [-0.25, -0.2) is 13.1 Å². The van der Waals surface area contributed by atoms with Crippen molar-refractivity contribution in [3.63, 3.8) is 0 Å². The van der Waals surface area contributed by atoms with Gasteiger partial charge in [-0.05, 0) is 42.8 Å². The summed E-state index contributed by atoms with van der Waals surface area (Å²) >= 11 is 0. The van der Waals surface area contributed by atoms with Crippen LogP contribution in [0.5, 0.6) is 5.75 Å². The van der Waals surface area contributed by atoms with Gasteiger partial charge in [-0.3, -0.25) is 14.6 Å². The van der Waals surface area contributed by atoms with Gasteiger partial charge in [0.25, 0.3) is 15.9 Å². The SMILES string of the molecule is CCCC(=O)NS(=O)(=O)c1ccccc1N(Oc1cccnc1)C(=O)c1ccccc1. The van der Waals surface area contributed by atoms with Gasteiger partial charge in [-0.15, -0.1) is 5.06 Å². The Morgan fingerprint density at radius 3 is 2.39 bits per heavy atom. The number of para-hydroxylation sites is 1. The van der Waals surface area contributed by atoms with Crippen LogP contribution in [-0.2, 0) is 14.8 Å². The predicted molar refractivity (Wildman–Crippen MR) is 115 cm³/mol. The van der Waals surface area contributed by atoms with Gasteiger partial charge in [-0.2, -0.15) is 0 Å². The molecule has 0 unspecified atom stereocenters. The van der Waals surface area contributed by atoms with Crippen LogP contribution in [0.2, 0.25) is 0 Å². The van der Waals surface area contributed by atoms with Crippen molar-refractivity contribution in [2.24, 2.45) is 0 Å². The number of aromatic nitrogens is 1. The van der Waals surface area contributed by atoms with Crippen LogP contribution in [0, 0.1) is 0 Å². The van der Waals surface area contributed by atoms with Gasteiger partial charge < -0.3 is 4.84 Å². The first-order valence-corrected chi connectivity index (χ1v) is 11.0. The first-order valence-electron chi connectivity index (χ1n) is 9.54. The summed E-state index contributed by atoms with van der Waals surface area (Å²) in [6.07, 6.45) is 3.48. The number of sulfonamides is 1. The Kier molecular flexibility index (Phi) is 6.99. The molecule has 0 atom stereocenters. The molecule has 0 spiro atoms. The van der Waals surface area contributed by atoms with Gasteiger partial charge in [0.05, 0.1) is 6.20 Å². The molecule has 0 radical (unpaired) electrons. The Morgan fingerprint density at radius 2 is 1.71 bits per heavy atom. The van der Waals surface area contributed by atoms with E-state index in [9.17, 15) is 18.0 Å². The lowest BCUT2D eigenvalue weighted by Gasteiger charge is -2.24. The normalized spacial score (nSPS) is 10.9. The molecule has 1 heterocycles. The van der Waals surface area contributed by atoms with E-state index in [0.29, 0.717) is 6.42 Å². The zero-order chi connectivity index (χ0) is 22.3. The van der Waals surface area contributed by atoms with Crippen LogP contribution < -0.4 is 14.6 Å². The number of carbonyl (C=O) groups is 2. The fourth-order valence-corrected chi connectivity index (χ4v) is 3.94. The molecule has 0 bridgehead atoms. The minimum Gasteiger partial charge on any atom is -0.370 e. The average Bonchev–Trinajstić information content (AvgIpc) is 2.78. The van der Waals surface area contributed by atoms with E-state index in [4.69, 9.17) is 4.84 Å². The van der Waals surface area contributed by atoms with Crippen molar-refractivity contribution in [3.8, 4) is 5.75 Å². The third-order valence-corrected chi connectivity index (χ3v) is 5.56. The molecule has 0 fully saturated rings. The molecule has 2 amide bonds. The number of nitrogens with one attached hydrogen (secondary N) is 1. The molecular weight excluding hydrogens is 418 g/mol. The number of anilines is 1. The summed E-state index contributed by atoms with van der Waals surface area (Å²) in [4.78, 5) is 34.6. The van der Waals surface area contributed by atoms with Crippen molar-refractivity contribution >= 4 is 27.5 Å². The maximum atomic E-state index is 13.3. The molecule has 31 heavy (non-hydrogen) atoms. The second kappa shape index (κ2) is 9.86. The molecule has 0 saturated carbocycles. The molecule has 3 rings (SSSR count). The summed E-state index contributed by atoms with van der Waals surface area (Å²) in [7, 11) is -4.25. The van der Waals surface area contributed by atoms with Crippen molar-refractivity contribution in [1.29, 1.82) is 0 Å². The van der Waals surface area contributed by atoms with E-state index in [1.54, 1.807) is 55.5 Å². The van der Waals surface area contributed by atoms with E-state index in [1.807, 2.05) is 4.72 Å². The van der Waals surface area contributed by atoms with Crippen molar-refractivity contribution in [2.75, 3.05) is 5.06 Å². The third kappa shape index (κ3) is 5.46. The summed E-state index contributed by atoms with van der Waals surface area (Å²) in [5.41, 5.74) is 0.241. The van der Waals surface area contributed by atoms with E-state index in [0.717, 1.165) is 5.06 Å². The summed E-state index contributed by atoms with van der Waals surface area (Å²) in [6, 6.07) is 17.3. The van der Waals surface area contributed by atoms with Gasteiger partial charge in [0.1, 0.15) is 10.6 Å². The lowest BCUT2D eigenvalue weighted by molar-refractivity contribution is -0.119. The number of benzene rings is 2. The molecule has 8 nitrogen and oxygen atoms in total. The minimum absolute atomic E-state index is 0.0444. The van der Waals surface area contributed by atoms with Crippen LogP contribution >= 0.6 is 0 Å². The van der Waals surface area contributed by atoms with Gasteiger partial charge in [0, 0.05) is 18.2 Å². The molecule has 0 aliphatic carbocycles. The summed E-state index contributed by atoms with van der Waals surface area (Å²) < 4.78 is 27.9. The number of rotatable bonds is 8. The standard InChI is InChI=1S/C22H21N3O5S/c1-2-9-21(26)24-31(28,29)20-14-7-6-13-19(20)25(30-18-12-8-15-23-16-18)22(27)17-10-4-3-5-11-17/h3-8,10-16H,2,9H2,1H3,(H,24,26). The Labute approximate surface area is 180 Å². The molecule has 1 aromatic heterocycles. The van der Waals surface area contributed by atoms with Crippen molar-refractivity contribution in [1.82, 2.24) is 9.71 Å². The highest BCUT2D eigenvalue weighted by molar-refractivity contribution is 7.90. The lowest BCUT2D eigenvalue weighted by Crippen LogP contribution is -2.37. The molecule has 160 valence electrons. The highest BCUT2D eigenvalue weighted by atomic mass is 32.2. The smallest absolute Gasteiger partial charge is 0.291 e. The van der Waals surface area contributed by atoms with Crippen LogP contribution in [0.4, 0.5) is 5.69 Å². The monoisotopic (exact) mass is 439 g/mol. The number of nitrogens with zero attached hydrogens (tertiary/aromatic N) is 2. The summed E-state index contributed by atoms with van der Waals surface area (Å²) in [5, 5.41) is 0.880. The molecule has 9 heteroatoms. The Hall–Kier alpha value is -3.72. The van der Waals surface area contributed by atoms with E-state index >= 15 is 0 Å². The molecule has 0 saturated heterocycles. The van der Waals surface area contributed by atoms with E-state index < -0.39 is 21.8 Å². The molecule has 3 aromatic rings. The van der Waals surface area contributed by atoms with Gasteiger partial charge in [0.15, 0.2) is 5.75 Å². The number of carbonyl (C=O) groups excluding carboxylic acids is 2. The van der Waals surface area contributed by atoms with Crippen molar-refractivity contribution in [2.45, 2.75) is 24.7 Å². The predicted octanol–water partition coefficient (Wildman–Crippen LogP) is 3.33. The Balaban J connectivity index is 2.07. The van der Waals surface area contributed by atoms with Crippen LogP contribution in [0.1, 0.15) is 30.1 Å². The largest absolute Gasteiger partial charge is 0.370 e. The summed E-state index contributed by atoms with van der Waals surface area (Å²) in [6.45, 7) is 1.77. The first-order chi connectivity index (χ1) is 14.9. The number of hydroxylamine groups is 1. The van der Waals surface area contributed by atoms with Crippen LogP contribution in [-0.4, -0.2) is 25.2 Å². The van der Waals surface area contributed by atoms with Crippen LogP contribution in [0.15, 0.2) is 84.0 Å².